The Morgan fingerprint density at radius 2 is 1.29 bits per heavy atom. The number of aromatic nitrogens is 1. The highest BCUT2D eigenvalue weighted by Crippen LogP contribution is 2.42. The van der Waals surface area contributed by atoms with E-state index in [9.17, 15) is 49.4 Å². The van der Waals surface area contributed by atoms with Crippen molar-refractivity contribution in [3.8, 4) is 22.5 Å². The first kappa shape index (κ1) is 29.0. The van der Waals surface area contributed by atoms with Crippen molar-refractivity contribution in [1.29, 1.82) is 0 Å². The second-order valence-electron chi connectivity index (χ2n) is 9.02. The normalized spacial score (nSPS) is 13.6. The van der Waals surface area contributed by atoms with Gasteiger partial charge in [-0.2, -0.15) is 39.5 Å². The fourth-order valence-electron chi connectivity index (χ4n) is 3.90. The van der Waals surface area contributed by atoms with Crippen molar-refractivity contribution in [1.82, 2.24) is 4.98 Å². The number of benzene rings is 2. The van der Waals surface area contributed by atoms with E-state index in [1.54, 1.807) is 13.8 Å². The lowest BCUT2D eigenvalue weighted by Gasteiger charge is -2.20. The van der Waals surface area contributed by atoms with Gasteiger partial charge in [-0.05, 0) is 54.3 Å². The molecule has 3 rings (SSSR count). The summed E-state index contributed by atoms with van der Waals surface area (Å²) in [5.74, 6) is -2.70. The smallest absolute Gasteiger partial charge is 0.417 e. The lowest BCUT2D eigenvalue weighted by atomic mass is 9.88. The zero-order valence-corrected chi connectivity index (χ0v) is 19.8. The molecule has 0 radical (unpaired) electrons. The first-order valence-electron chi connectivity index (χ1n) is 11.1. The first-order chi connectivity index (χ1) is 17.4. The van der Waals surface area contributed by atoms with Crippen molar-refractivity contribution in [2.75, 3.05) is 0 Å². The highest BCUT2D eigenvalue weighted by Gasteiger charge is 2.39. The van der Waals surface area contributed by atoms with Crippen LogP contribution in [0.15, 0.2) is 54.6 Å². The van der Waals surface area contributed by atoms with Gasteiger partial charge in [0, 0.05) is 11.1 Å². The van der Waals surface area contributed by atoms with Gasteiger partial charge in [0.2, 0.25) is 0 Å². The number of hydrogen-bond acceptors (Lipinski definition) is 2. The van der Waals surface area contributed by atoms with Gasteiger partial charge in [0.1, 0.15) is 0 Å². The van der Waals surface area contributed by atoms with Gasteiger partial charge in [0.15, 0.2) is 0 Å². The summed E-state index contributed by atoms with van der Waals surface area (Å²) in [4.78, 5) is 16.1. The Morgan fingerprint density at radius 1 is 0.763 bits per heavy atom. The van der Waals surface area contributed by atoms with Gasteiger partial charge in [-0.15, -0.1) is 0 Å². The van der Waals surface area contributed by atoms with Gasteiger partial charge in [-0.25, -0.2) is 4.98 Å². The van der Waals surface area contributed by atoms with E-state index in [-0.39, 0.29) is 35.2 Å². The third-order valence-corrected chi connectivity index (χ3v) is 5.69. The molecule has 1 heterocycles. The summed E-state index contributed by atoms with van der Waals surface area (Å²) in [6.07, 6.45) is -14.9. The quantitative estimate of drug-likeness (QED) is 0.313. The van der Waals surface area contributed by atoms with Gasteiger partial charge >= 0.3 is 24.5 Å². The standard InChI is InChI=1S/C26H20F9NO2/c1-13(2)9-19(23(37)38)15-10-21(14-3-5-16(6-4-14)24(27,28)29)36-22(11-15)18-8-7-17(25(30,31)32)12-20(18)26(33,34)35/h3-8,10-13,19H,9H2,1-2H3,(H,37,38). The van der Waals surface area contributed by atoms with Crippen molar-refractivity contribution < 1.29 is 49.4 Å². The van der Waals surface area contributed by atoms with E-state index in [4.69, 9.17) is 0 Å². The van der Waals surface area contributed by atoms with Gasteiger partial charge < -0.3 is 5.11 Å². The molecule has 0 aliphatic heterocycles. The Kier molecular flexibility index (Phi) is 7.86. The first-order valence-corrected chi connectivity index (χ1v) is 11.1. The van der Waals surface area contributed by atoms with E-state index >= 15 is 0 Å². The molecular weight excluding hydrogens is 529 g/mol. The molecule has 0 aliphatic rings. The maximum atomic E-state index is 13.8. The third kappa shape index (κ3) is 6.65. The maximum Gasteiger partial charge on any atom is 0.417 e. The van der Waals surface area contributed by atoms with Crippen LogP contribution in [-0.4, -0.2) is 16.1 Å². The average Bonchev–Trinajstić information content (AvgIpc) is 2.80. The lowest BCUT2D eigenvalue weighted by Crippen LogP contribution is -2.15. The maximum absolute atomic E-state index is 13.8. The van der Waals surface area contributed by atoms with E-state index in [1.807, 2.05) is 0 Å². The molecule has 1 aromatic heterocycles. The molecule has 38 heavy (non-hydrogen) atoms. The van der Waals surface area contributed by atoms with E-state index in [0.717, 1.165) is 30.3 Å². The second-order valence-corrected chi connectivity index (χ2v) is 9.02. The monoisotopic (exact) mass is 549 g/mol. The van der Waals surface area contributed by atoms with Gasteiger partial charge in [0.25, 0.3) is 0 Å². The van der Waals surface area contributed by atoms with Crippen molar-refractivity contribution >= 4 is 5.97 Å². The minimum absolute atomic E-state index is 0.000815. The summed E-state index contributed by atoms with van der Waals surface area (Å²) >= 11 is 0. The average molecular weight is 549 g/mol. The molecule has 1 atom stereocenters. The topological polar surface area (TPSA) is 50.2 Å². The highest BCUT2D eigenvalue weighted by molar-refractivity contribution is 5.79. The van der Waals surface area contributed by atoms with Crippen molar-refractivity contribution in [2.24, 2.45) is 5.92 Å². The molecule has 0 amide bonds. The van der Waals surface area contributed by atoms with Crippen LogP contribution in [0.1, 0.15) is 48.4 Å². The minimum Gasteiger partial charge on any atom is -0.481 e. The van der Waals surface area contributed by atoms with E-state index in [2.05, 4.69) is 4.98 Å². The molecule has 0 bridgehead atoms. The lowest BCUT2D eigenvalue weighted by molar-refractivity contribution is -0.143. The van der Waals surface area contributed by atoms with E-state index < -0.39 is 58.4 Å². The number of carbonyl (C=O) groups is 1. The molecular formula is C26H20F9NO2. The zero-order chi connectivity index (χ0) is 28.6. The molecule has 0 saturated carbocycles. The summed E-state index contributed by atoms with van der Waals surface area (Å²) in [5.41, 5.74) is -5.52. The van der Waals surface area contributed by atoms with Crippen molar-refractivity contribution in [3.05, 3.63) is 76.9 Å². The SMILES string of the molecule is CC(C)CC(C(=O)O)c1cc(-c2ccc(C(F)(F)F)cc2)nc(-c2ccc(C(F)(F)F)cc2C(F)(F)F)c1. The minimum atomic E-state index is -5.23. The second kappa shape index (κ2) is 10.3. The summed E-state index contributed by atoms with van der Waals surface area (Å²) in [7, 11) is 0. The van der Waals surface area contributed by atoms with E-state index in [0.29, 0.717) is 12.1 Å². The molecule has 12 heteroatoms. The Balaban J connectivity index is 2.30. The Morgan fingerprint density at radius 3 is 1.76 bits per heavy atom. The Labute approximate surface area is 210 Å². The molecule has 1 unspecified atom stereocenters. The summed E-state index contributed by atoms with van der Waals surface area (Å²) < 4.78 is 120. The largest absolute Gasteiger partial charge is 0.481 e. The number of hydrogen-bond donors (Lipinski definition) is 1. The van der Waals surface area contributed by atoms with Gasteiger partial charge in [-0.3, -0.25) is 4.79 Å². The Bertz CT molecular complexity index is 1310. The number of pyridine rings is 1. The summed E-state index contributed by atoms with van der Waals surface area (Å²) in [6.45, 7) is 3.43. The van der Waals surface area contributed by atoms with Crippen LogP contribution < -0.4 is 0 Å². The van der Waals surface area contributed by atoms with Crippen molar-refractivity contribution in [3.63, 3.8) is 0 Å². The molecule has 0 fully saturated rings. The third-order valence-electron chi connectivity index (χ3n) is 5.69. The predicted molar refractivity (Wildman–Crippen MR) is 120 cm³/mol. The number of rotatable bonds is 6. The number of alkyl halides is 9. The number of carboxylic acid groups (broad SMARTS) is 1. The van der Waals surface area contributed by atoms with Gasteiger partial charge in [0.05, 0.1) is 34.0 Å². The zero-order valence-electron chi connectivity index (χ0n) is 19.8. The van der Waals surface area contributed by atoms with Crippen LogP contribution in [0.25, 0.3) is 22.5 Å². The highest BCUT2D eigenvalue weighted by atomic mass is 19.4. The molecule has 3 aromatic rings. The molecule has 1 N–H and O–H groups in total. The van der Waals surface area contributed by atoms with Crippen LogP contribution in [0, 0.1) is 5.92 Å². The van der Waals surface area contributed by atoms with Crippen LogP contribution in [0.5, 0.6) is 0 Å². The van der Waals surface area contributed by atoms with E-state index in [1.165, 1.54) is 6.07 Å². The van der Waals surface area contributed by atoms with Crippen molar-refractivity contribution in [2.45, 2.75) is 44.7 Å². The van der Waals surface area contributed by atoms with Crippen LogP contribution in [0.3, 0.4) is 0 Å². The molecule has 0 aliphatic carbocycles. The fraction of sp³-hybridized carbons (Fsp3) is 0.308. The molecule has 3 nitrogen and oxygen atoms in total. The van der Waals surface area contributed by atoms with Crippen LogP contribution >= 0.6 is 0 Å². The summed E-state index contributed by atoms with van der Waals surface area (Å²) in [6, 6.07) is 6.76. The Hall–Kier alpha value is -3.57. The molecule has 0 saturated heterocycles. The predicted octanol–water partition coefficient (Wildman–Crippen LogP) is 8.69. The molecule has 2 aromatic carbocycles. The van der Waals surface area contributed by atoms with Gasteiger partial charge in [-0.1, -0.05) is 32.0 Å². The molecule has 0 spiro atoms. The van der Waals surface area contributed by atoms with Crippen LogP contribution in [-0.2, 0) is 23.3 Å². The van der Waals surface area contributed by atoms with Crippen LogP contribution in [0.2, 0.25) is 0 Å². The number of nitrogens with zero attached hydrogens (tertiary/aromatic N) is 1. The number of carboxylic acids is 1. The fourth-order valence-corrected chi connectivity index (χ4v) is 3.90. The van der Waals surface area contributed by atoms with Crippen LogP contribution in [0.4, 0.5) is 39.5 Å². The summed E-state index contributed by atoms with van der Waals surface area (Å²) in [5, 5.41) is 9.78. The molecule has 204 valence electrons. The number of aliphatic carboxylic acids is 1. The number of halogens is 9.